The number of hydrogen-bond acceptors (Lipinski definition) is 4. The summed E-state index contributed by atoms with van der Waals surface area (Å²) in [6, 6.07) is 6.71. The molecule has 0 aliphatic carbocycles. The predicted molar refractivity (Wildman–Crippen MR) is 73.5 cm³/mol. The van der Waals surface area contributed by atoms with E-state index in [9.17, 15) is 13.2 Å². The van der Waals surface area contributed by atoms with Gasteiger partial charge in [0.25, 0.3) is 10.0 Å². The van der Waals surface area contributed by atoms with Gasteiger partial charge in [0, 0.05) is 11.2 Å². The largest absolute Gasteiger partial charge is 0.478 e. The summed E-state index contributed by atoms with van der Waals surface area (Å²) in [6.45, 7) is 0. The highest BCUT2D eigenvalue weighted by molar-refractivity contribution is 7.92. The summed E-state index contributed by atoms with van der Waals surface area (Å²) < 4.78 is 26.4. The summed E-state index contributed by atoms with van der Waals surface area (Å²) in [5, 5.41) is 9.39. The monoisotopic (exact) mass is 312 g/mol. The highest BCUT2D eigenvalue weighted by Gasteiger charge is 2.18. The van der Waals surface area contributed by atoms with Gasteiger partial charge in [-0.25, -0.2) is 13.2 Å². The second-order valence-corrected chi connectivity index (χ2v) is 5.90. The molecule has 1 heterocycles. The lowest BCUT2D eigenvalue weighted by atomic mass is 10.2. The van der Waals surface area contributed by atoms with Crippen LogP contribution in [-0.2, 0) is 10.0 Å². The number of nitrogens with zero attached hydrogens (tertiary/aromatic N) is 1. The number of anilines is 1. The summed E-state index contributed by atoms with van der Waals surface area (Å²) in [6.07, 6.45) is 2.40. The predicted octanol–water partition coefficient (Wildman–Crippen LogP) is 2.23. The molecule has 0 saturated heterocycles. The van der Waals surface area contributed by atoms with Gasteiger partial charge in [0.05, 0.1) is 22.3 Å². The Kier molecular flexibility index (Phi) is 3.91. The van der Waals surface area contributed by atoms with Crippen molar-refractivity contribution in [3.8, 4) is 0 Å². The SMILES string of the molecule is O=C(O)c1ccncc1NS(=O)(=O)c1ccc(Cl)cc1. The summed E-state index contributed by atoms with van der Waals surface area (Å²) in [4.78, 5) is 14.7. The van der Waals surface area contributed by atoms with Crippen molar-refractivity contribution < 1.29 is 18.3 Å². The van der Waals surface area contributed by atoms with Crippen LogP contribution in [0.1, 0.15) is 10.4 Å². The van der Waals surface area contributed by atoms with Gasteiger partial charge < -0.3 is 5.11 Å². The molecule has 0 bridgehead atoms. The maximum atomic E-state index is 12.1. The number of halogens is 1. The van der Waals surface area contributed by atoms with Crippen LogP contribution >= 0.6 is 11.6 Å². The number of sulfonamides is 1. The van der Waals surface area contributed by atoms with Crippen molar-refractivity contribution in [2.45, 2.75) is 4.90 Å². The molecule has 0 radical (unpaired) electrons. The maximum Gasteiger partial charge on any atom is 0.337 e. The van der Waals surface area contributed by atoms with Crippen molar-refractivity contribution in [1.29, 1.82) is 0 Å². The number of carbonyl (C=O) groups is 1. The molecule has 0 fully saturated rings. The van der Waals surface area contributed by atoms with E-state index in [0.29, 0.717) is 5.02 Å². The fourth-order valence-corrected chi connectivity index (χ4v) is 2.67. The molecule has 0 aliphatic rings. The Morgan fingerprint density at radius 2 is 1.85 bits per heavy atom. The molecule has 2 N–H and O–H groups in total. The summed E-state index contributed by atoms with van der Waals surface area (Å²) in [7, 11) is -3.90. The summed E-state index contributed by atoms with van der Waals surface area (Å²) in [5.74, 6) is -1.25. The van der Waals surface area contributed by atoms with Gasteiger partial charge >= 0.3 is 5.97 Å². The number of carboxylic acid groups (broad SMARTS) is 1. The molecule has 0 saturated carbocycles. The molecule has 1 aromatic heterocycles. The van der Waals surface area contributed by atoms with E-state index < -0.39 is 16.0 Å². The number of rotatable bonds is 4. The average Bonchev–Trinajstić information content (AvgIpc) is 2.39. The molecule has 2 aromatic rings. The third-order valence-electron chi connectivity index (χ3n) is 2.42. The number of pyridine rings is 1. The van der Waals surface area contributed by atoms with Crippen molar-refractivity contribution in [3.63, 3.8) is 0 Å². The van der Waals surface area contributed by atoms with E-state index in [1.54, 1.807) is 0 Å². The van der Waals surface area contributed by atoms with Crippen LogP contribution < -0.4 is 4.72 Å². The van der Waals surface area contributed by atoms with Crippen LogP contribution in [0.3, 0.4) is 0 Å². The van der Waals surface area contributed by atoms with Crippen molar-refractivity contribution in [2.24, 2.45) is 0 Å². The average molecular weight is 313 g/mol. The Balaban J connectivity index is 2.38. The standard InChI is InChI=1S/C12H9ClN2O4S/c13-8-1-3-9(4-2-8)20(18,19)15-11-7-14-6-5-10(11)12(16)17/h1-7,15H,(H,16,17). The second-order valence-electron chi connectivity index (χ2n) is 3.79. The fraction of sp³-hybridized carbons (Fsp3) is 0. The molecule has 6 nitrogen and oxygen atoms in total. The second kappa shape index (κ2) is 5.48. The molecular weight excluding hydrogens is 304 g/mol. The number of carboxylic acids is 1. The van der Waals surface area contributed by atoms with Crippen molar-refractivity contribution in [2.75, 3.05) is 4.72 Å². The van der Waals surface area contributed by atoms with E-state index in [0.717, 1.165) is 6.20 Å². The normalized spacial score (nSPS) is 11.1. The minimum absolute atomic E-state index is 0.0258. The number of benzene rings is 1. The Hall–Kier alpha value is -2.12. The lowest BCUT2D eigenvalue weighted by Crippen LogP contribution is -2.15. The quantitative estimate of drug-likeness (QED) is 0.902. The first-order chi connectivity index (χ1) is 9.40. The summed E-state index contributed by atoms with van der Waals surface area (Å²) in [5.41, 5.74) is -0.285. The molecule has 0 spiro atoms. The van der Waals surface area contributed by atoms with Gasteiger partial charge in [-0.3, -0.25) is 9.71 Å². The molecular formula is C12H9ClN2O4S. The molecule has 20 heavy (non-hydrogen) atoms. The number of aromatic carboxylic acids is 1. The van der Waals surface area contributed by atoms with Gasteiger partial charge in [-0.05, 0) is 30.3 Å². The molecule has 0 unspecified atom stereocenters. The van der Waals surface area contributed by atoms with E-state index in [-0.39, 0.29) is 16.1 Å². The Labute approximate surface area is 120 Å². The van der Waals surface area contributed by atoms with E-state index in [1.807, 2.05) is 0 Å². The van der Waals surface area contributed by atoms with Crippen LogP contribution in [0.5, 0.6) is 0 Å². The van der Waals surface area contributed by atoms with Gasteiger partial charge in [-0.1, -0.05) is 11.6 Å². The molecule has 0 atom stereocenters. The van der Waals surface area contributed by atoms with Crippen molar-refractivity contribution >= 4 is 33.3 Å². The zero-order valence-electron chi connectivity index (χ0n) is 9.95. The van der Waals surface area contributed by atoms with E-state index in [1.165, 1.54) is 36.5 Å². The lowest BCUT2D eigenvalue weighted by molar-refractivity contribution is 0.0698. The highest BCUT2D eigenvalue weighted by Crippen LogP contribution is 2.20. The first-order valence-electron chi connectivity index (χ1n) is 5.36. The Bertz CT molecular complexity index is 744. The highest BCUT2D eigenvalue weighted by atomic mass is 35.5. The summed E-state index contributed by atoms with van der Waals surface area (Å²) >= 11 is 5.69. The Morgan fingerprint density at radius 1 is 1.20 bits per heavy atom. The zero-order valence-corrected chi connectivity index (χ0v) is 11.5. The minimum atomic E-state index is -3.90. The van der Waals surface area contributed by atoms with Gasteiger partial charge in [0.15, 0.2) is 0 Å². The first-order valence-corrected chi connectivity index (χ1v) is 7.22. The molecule has 2 rings (SSSR count). The van der Waals surface area contributed by atoms with Crippen LogP contribution in [0.4, 0.5) is 5.69 Å². The fourth-order valence-electron chi connectivity index (χ4n) is 1.48. The lowest BCUT2D eigenvalue weighted by Gasteiger charge is -2.09. The third kappa shape index (κ3) is 3.06. The van der Waals surface area contributed by atoms with Gasteiger partial charge in [-0.2, -0.15) is 0 Å². The van der Waals surface area contributed by atoms with Crippen LogP contribution in [0.15, 0.2) is 47.6 Å². The van der Waals surface area contributed by atoms with Crippen molar-refractivity contribution in [1.82, 2.24) is 4.98 Å². The minimum Gasteiger partial charge on any atom is -0.478 e. The van der Waals surface area contributed by atoms with E-state index in [2.05, 4.69) is 9.71 Å². The maximum absolute atomic E-state index is 12.1. The first kappa shape index (κ1) is 14.3. The number of aromatic nitrogens is 1. The van der Waals surface area contributed by atoms with Gasteiger partial charge in [0.2, 0.25) is 0 Å². The van der Waals surface area contributed by atoms with Crippen LogP contribution in [0.25, 0.3) is 0 Å². The molecule has 1 aromatic carbocycles. The molecule has 0 aliphatic heterocycles. The smallest absolute Gasteiger partial charge is 0.337 e. The third-order valence-corrected chi connectivity index (χ3v) is 4.05. The Morgan fingerprint density at radius 3 is 2.45 bits per heavy atom. The zero-order chi connectivity index (χ0) is 14.8. The van der Waals surface area contributed by atoms with Crippen LogP contribution in [-0.4, -0.2) is 24.5 Å². The number of nitrogens with one attached hydrogen (secondary N) is 1. The van der Waals surface area contributed by atoms with E-state index >= 15 is 0 Å². The van der Waals surface area contributed by atoms with Gasteiger partial charge in [0.1, 0.15) is 0 Å². The molecule has 104 valence electrons. The molecule has 8 heteroatoms. The van der Waals surface area contributed by atoms with Crippen molar-refractivity contribution in [3.05, 3.63) is 53.3 Å². The van der Waals surface area contributed by atoms with Crippen LogP contribution in [0.2, 0.25) is 5.02 Å². The number of hydrogen-bond donors (Lipinski definition) is 2. The van der Waals surface area contributed by atoms with Gasteiger partial charge in [-0.15, -0.1) is 0 Å². The topological polar surface area (TPSA) is 96.4 Å². The molecule has 0 amide bonds. The van der Waals surface area contributed by atoms with Crippen LogP contribution in [0, 0.1) is 0 Å². The van der Waals surface area contributed by atoms with E-state index in [4.69, 9.17) is 16.7 Å².